The van der Waals surface area contributed by atoms with Gasteiger partial charge in [0, 0.05) is 58.1 Å². The topological polar surface area (TPSA) is 71.1 Å². The van der Waals surface area contributed by atoms with E-state index < -0.39 is 27.4 Å². The fourth-order valence-electron chi connectivity index (χ4n) is 5.26. The smallest absolute Gasteiger partial charge is 0.394 e. The van der Waals surface area contributed by atoms with Crippen molar-refractivity contribution in [3.63, 3.8) is 0 Å². The first kappa shape index (κ1) is 44.5. The second kappa shape index (κ2) is 30.8. The van der Waals surface area contributed by atoms with Crippen molar-refractivity contribution in [2.75, 3.05) is 73.4 Å². The Balaban J connectivity index is 4.74. The minimum absolute atomic E-state index is 0.466. The summed E-state index contributed by atoms with van der Waals surface area (Å²) in [5, 5.41) is 0. The first-order valence-corrected chi connectivity index (χ1v) is 23.9. The molecular weight excluding hydrogens is 625 g/mol. The first-order valence-electron chi connectivity index (χ1n) is 17.6. The SMILES string of the molecule is CCO[Si](CCCN(C)C([Si]CCCCCCCC[Si](OCC)(OCC)OCC)N(C)CCC[Si](OCC)OCC)OCC. The average Bonchev–Trinajstić information content (AvgIpc) is 2.99. The van der Waals surface area contributed by atoms with Crippen molar-refractivity contribution in [2.24, 2.45) is 0 Å². The first-order chi connectivity index (χ1) is 21.4. The van der Waals surface area contributed by atoms with E-state index in [9.17, 15) is 0 Å². The summed E-state index contributed by atoms with van der Waals surface area (Å²) in [5.41, 5.74) is 0. The zero-order valence-corrected chi connectivity index (χ0v) is 34.2. The molecule has 0 amide bonds. The van der Waals surface area contributed by atoms with Crippen LogP contribution in [0.5, 0.6) is 0 Å². The molecule has 0 bridgehead atoms. The summed E-state index contributed by atoms with van der Waals surface area (Å²) in [6.45, 7) is 21.4. The highest BCUT2D eigenvalue weighted by Crippen LogP contribution is 2.21. The second-order valence-electron chi connectivity index (χ2n) is 10.8. The van der Waals surface area contributed by atoms with E-state index >= 15 is 0 Å². The van der Waals surface area contributed by atoms with Crippen LogP contribution >= 0.6 is 0 Å². The van der Waals surface area contributed by atoms with Gasteiger partial charge in [0.2, 0.25) is 0 Å². The lowest BCUT2D eigenvalue weighted by Crippen LogP contribution is -2.49. The molecule has 0 unspecified atom stereocenters. The van der Waals surface area contributed by atoms with E-state index in [4.69, 9.17) is 31.0 Å². The molecule has 0 spiro atoms. The Kier molecular flexibility index (Phi) is 31.2. The Labute approximate surface area is 280 Å². The Bertz CT molecular complexity index is 562. The molecular formula is C31H70N2O7Si4. The van der Waals surface area contributed by atoms with Crippen LogP contribution in [0.25, 0.3) is 0 Å². The van der Waals surface area contributed by atoms with Gasteiger partial charge in [0.25, 0.3) is 0 Å². The Morgan fingerprint density at radius 1 is 0.523 bits per heavy atom. The maximum absolute atomic E-state index is 6.01. The molecule has 262 valence electrons. The van der Waals surface area contributed by atoms with Gasteiger partial charge in [0.15, 0.2) is 0 Å². The third-order valence-electron chi connectivity index (χ3n) is 7.17. The van der Waals surface area contributed by atoms with E-state index in [1.165, 1.54) is 38.1 Å². The molecule has 0 saturated carbocycles. The normalized spacial score (nSPS) is 12.7. The summed E-state index contributed by atoms with van der Waals surface area (Å²) in [5.74, 6) is 0.466. The summed E-state index contributed by atoms with van der Waals surface area (Å²) < 4.78 is 41.5. The molecule has 0 atom stereocenters. The van der Waals surface area contributed by atoms with E-state index in [1.54, 1.807) is 0 Å². The van der Waals surface area contributed by atoms with Crippen LogP contribution < -0.4 is 0 Å². The van der Waals surface area contributed by atoms with Crippen molar-refractivity contribution >= 4 is 36.9 Å². The predicted molar refractivity (Wildman–Crippen MR) is 190 cm³/mol. The van der Waals surface area contributed by atoms with Crippen LogP contribution in [0.3, 0.4) is 0 Å². The van der Waals surface area contributed by atoms with Crippen LogP contribution in [0.15, 0.2) is 0 Å². The van der Waals surface area contributed by atoms with Gasteiger partial charge < -0.3 is 31.0 Å². The molecule has 0 aliphatic carbocycles. The summed E-state index contributed by atoms with van der Waals surface area (Å²) in [4.78, 5) is 5.13. The number of nitrogens with zero attached hydrogens (tertiary/aromatic N) is 2. The third-order valence-corrected chi connectivity index (χ3v) is 16.2. The quantitative estimate of drug-likeness (QED) is 0.0424. The van der Waals surface area contributed by atoms with Gasteiger partial charge >= 0.3 is 27.4 Å². The van der Waals surface area contributed by atoms with Crippen LogP contribution in [0, 0.1) is 0 Å². The molecule has 0 aliphatic rings. The van der Waals surface area contributed by atoms with Crippen molar-refractivity contribution in [1.29, 1.82) is 0 Å². The van der Waals surface area contributed by atoms with Gasteiger partial charge in [0.1, 0.15) is 0 Å². The van der Waals surface area contributed by atoms with Crippen LogP contribution in [0.4, 0.5) is 0 Å². The molecule has 0 aromatic rings. The third kappa shape index (κ3) is 22.1. The van der Waals surface area contributed by atoms with E-state index in [0.717, 1.165) is 86.4 Å². The van der Waals surface area contributed by atoms with Crippen molar-refractivity contribution in [1.82, 2.24) is 9.80 Å². The maximum atomic E-state index is 6.01. The molecule has 44 heavy (non-hydrogen) atoms. The zero-order valence-electron chi connectivity index (χ0n) is 30.2. The minimum atomic E-state index is -2.49. The van der Waals surface area contributed by atoms with E-state index in [2.05, 4.69) is 51.6 Å². The van der Waals surface area contributed by atoms with Gasteiger partial charge in [-0.1, -0.05) is 38.1 Å². The van der Waals surface area contributed by atoms with Gasteiger partial charge in [-0.15, -0.1) is 0 Å². The van der Waals surface area contributed by atoms with E-state index in [-0.39, 0.29) is 0 Å². The van der Waals surface area contributed by atoms with Crippen molar-refractivity contribution in [2.45, 2.75) is 130 Å². The van der Waals surface area contributed by atoms with E-state index in [1.807, 2.05) is 20.8 Å². The largest absolute Gasteiger partial charge is 0.500 e. The molecule has 0 N–H and O–H groups in total. The van der Waals surface area contributed by atoms with Crippen molar-refractivity contribution in [3.05, 3.63) is 0 Å². The summed E-state index contributed by atoms with van der Waals surface area (Å²) >= 11 is 0. The van der Waals surface area contributed by atoms with Crippen LogP contribution in [-0.2, 0) is 31.0 Å². The molecule has 0 aromatic carbocycles. The zero-order chi connectivity index (χ0) is 32.9. The average molecular weight is 695 g/mol. The van der Waals surface area contributed by atoms with Gasteiger partial charge in [0.05, 0.1) is 9.52 Å². The Hall–Kier alpha value is 0.508. The fraction of sp³-hybridized carbons (Fsp3) is 1.00. The highest BCUT2D eigenvalue weighted by molar-refractivity contribution is 6.60. The fourth-order valence-corrected chi connectivity index (χ4v) is 12.5. The molecule has 0 fully saturated rings. The molecule has 0 saturated heterocycles. The van der Waals surface area contributed by atoms with Crippen molar-refractivity contribution < 1.29 is 31.0 Å². The number of hydrogen-bond acceptors (Lipinski definition) is 9. The van der Waals surface area contributed by atoms with Crippen LogP contribution in [0.2, 0.25) is 24.2 Å². The van der Waals surface area contributed by atoms with Crippen molar-refractivity contribution in [3.8, 4) is 0 Å². The monoisotopic (exact) mass is 694 g/mol. The summed E-state index contributed by atoms with van der Waals surface area (Å²) in [6.07, 6.45) is 9.75. The Morgan fingerprint density at radius 2 is 0.909 bits per heavy atom. The van der Waals surface area contributed by atoms with Crippen LogP contribution in [0.1, 0.15) is 99.8 Å². The van der Waals surface area contributed by atoms with E-state index in [0.29, 0.717) is 25.6 Å². The highest BCUT2D eigenvalue weighted by Gasteiger charge is 2.39. The maximum Gasteiger partial charge on any atom is 0.500 e. The highest BCUT2D eigenvalue weighted by atomic mass is 28.4. The number of rotatable bonds is 34. The predicted octanol–water partition coefficient (Wildman–Crippen LogP) is 6.55. The minimum Gasteiger partial charge on any atom is -0.394 e. The summed E-state index contributed by atoms with van der Waals surface area (Å²) in [6, 6.07) is 4.29. The molecule has 0 heterocycles. The van der Waals surface area contributed by atoms with Crippen LogP contribution in [-0.4, -0.2) is 126 Å². The van der Waals surface area contributed by atoms with Gasteiger partial charge in [-0.3, -0.25) is 9.80 Å². The molecule has 0 rings (SSSR count). The van der Waals surface area contributed by atoms with Gasteiger partial charge in [-0.05, 0) is 107 Å². The van der Waals surface area contributed by atoms with Gasteiger partial charge in [-0.2, -0.15) is 0 Å². The molecule has 0 aliphatic heterocycles. The lowest BCUT2D eigenvalue weighted by Gasteiger charge is -2.36. The molecule has 9 nitrogen and oxygen atoms in total. The Morgan fingerprint density at radius 3 is 1.30 bits per heavy atom. The lowest BCUT2D eigenvalue weighted by atomic mass is 10.1. The standard InChI is InChI=1S/C31H70N2O7Si4/c1-10-34-42(35-11-2)28-23-25-32(8)31(33(9)26-24-29-43(36-12-3)37-13-4)41-27-21-19-17-18-20-22-30-44(38-14-5,39-15-6)40-16-7/h31H,10-30H2,1-9H3. The molecule has 13 heteroatoms. The molecule has 4 radical (unpaired) electrons. The lowest BCUT2D eigenvalue weighted by molar-refractivity contribution is 0.0706. The second-order valence-corrected chi connectivity index (χ2v) is 18.6. The summed E-state index contributed by atoms with van der Waals surface area (Å²) in [7, 11) is 0.699. The number of hydrogen-bond donors (Lipinski definition) is 0. The molecule has 0 aromatic heterocycles. The number of unbranched alkanes of at least 4 members (excludes halogenated alkanes) is 5. The van der Waals surface area contributed by atoms with Gasteiger partial charge in [-0.25, -0.2) is 0 Å².